The molecule has 0 spiro atoms. The number of aromatic nitrogens is 1. The molecule has 2 rings (SSSR count). The number of carbonyl (C=O) groups is 1. The van der Waals surface area contributed by atoms with E-state index in [1.165, 1.54) is 12.1 Å². The fraction of sp³-hybridized carbons (Fsp3) is 0. The van der Waals surface area contributed by atoms with Gasteiger partial charge in [0.1, 0.15) is 5.69 Å². The molecule has 1 aromatic carbocycles. The monoisotopic (exact) mass is 362 g/mol. The summed E-state index contributed by atoms with van der Waals surface area (Å²) in [4.78, 5) is 15.3. The minimum Gasteiger partial charge on any atom is -0.319 e. The largest absolute Gasteiger partial charge is 0.319 e. The molecule has 98 valence electrons. The van der Waals surface area contributed by atoms with Crippen LogP contribution in [0, 0.1) is 5.95 Å². The highest BCUT2D eigenvalue weighted by Gasteiger charge is 2.13. The summed E-state index contributed by atoms with van der Waals surface area (Å²) in [5.41, 5.74) is 0.279. The summed E-state index contributed by atoms with van der Waals surface area (Å²) in [7, 11) is 0. The molecule has 0 aliphatic carbocycles. The lowest BCUT2D eigenvalue weighted by molar-refractivity contribution is 0.102. The van der Waals surface area contributed by atoms with Gasteiger partial charge in [-0.3, -0.25) is 4.79 Å². The fourth-order valence-corrected chi connectivity index (χ4v) is 2.16. The number of pyridine rings is 1. The van der Waals surface area contributed by atoms with E-state index in [1.807, 2.05) is 0 Å². The normalized spacial score (nSPS) is 10.3. The van der Waals surface area contributed by atoms with Crippen LogP contribution >= 0.6 is 39.1 Å². The zero-order chi connectivity index (χ0) is 14.0. The quantitative estimate of drug-likeness (QED) is 0.628. The maximum absolute atomic E-state index is 12.9. The first-order valence-corrected chi connectivity index (χ1v) is 6.61. The van der Waals surface area contributed by atoms with Crippen molar-refractivity contribution in [3.8, 4) is 0 Å². The number of halogens is 4. The SMILES string of the molecule is O=C(Nc1ccc(Br)c(Cl)c1Cl)c1cccc(F)n1. The van der Waals surface area contributed by atoms with Crippen LogP contribution in [-0.4, -0.2) is 10.9 Å². The molecule has 0 atom stereocenters. The summed E-state index contributed by atoms with van der Waals surface area (Å²) in [6.45, 7) is 0. The second-order valence-corrected chi connectivity index (χ2v) is 5.13. The average Bonchev–Trinajstić information content (AvgIpc) is 2.39. The summed E-state index contributed by atoms with van der Waals surface area (Å²) in [6, 6.07) is 7.17. The molecule has 1 amide bonds. The Morgan fingerprint density at radius 1 is 1.21 bits per heavy atom. The van der Waals surface area contributed by atoms with E-state index in [1.54, 1.807) is 12.1 Å². The summed E-state index contributed by atoms with van der Waals surface area (Å²) in [5.74, 6) is -1.30. The zero-order valence-corrected chi connectivity index (χ0v) is 12.4. The standard InChI is InChI=1S/C12H6BrCl2FN2O/c13-6-4-5-7(11(15)10(6)14)18-12(19)8-2-1-3-9(16)17-8/h1-5H,(H,18,19). The van der Waals surface area contributed by atoms with E-state index in [0.29, 0.717) is 10.2 Å². The first kappa shape index (κ1) is 14.2. The molecule has 7 heteroatoms. The molecule has 0 saturated heterocycles. The Hall–Kier alpha value is -1.17. The number of hydrogen-bond acceptors (Lipinski definition) is 2. The van der Waals surface area contributed by atoms with Gasteiger partial charge in [-0.1, -0.05) is 29.3 Å². The lowest BCUT2D eigenvalue weighted by Gasteiger charge is -2.09. The average molecular weight is 364 g/mol. The van der Waals surface area contributed by atoms with Gasteiger partial charge in [0.2, 0.25) is 5.95 Å². The molecule has 2 aromatic rings. The Morgan fingerprint density at radius 2 is 1.95 bits per heavy atom. The smallest absolute Gasteiger partial charge is 0.274 e. The molecule has 0 fully saturated rings. The second-order valence-electron chi connectivity index (χ2n) is 3.52. The molecular weight excluding hydrogens is 358 g/mol. The number of hydrogen-bond donors (Lipinski definition) is 1. The van der Waals surface area contributed by atoms with Gasteiger partial charge in [-0.2, -0.15) is 4.39 Å². The number of amides is 1. The van der Waals surface area contributed by atoms with Crippen LogP contribution in [0.4, 0.5) is 10.1 Å². The van der Waals surface area contributed by atoms with E-state index in [9.17, 15) is 9.18 Å². The van der Waals surface area contributed by atoms with Gasteiger partial charge in [0.05, 0.1) is 15.7 Å². The maximum Gasteiger partial charge on any atom is 0.274 e. The van der Waals surface area contributed by atoms with Crippen LogP contribution in [0.25, 0.3) is 0 Å². The highest BCUT2D eigenvalue weighted by atomic mass is 79.9. The van der Waals surface area contributed by atoms with Gasteiger partial charge in [0.15, 0.2) is 0 Å². The number of nitrogens with one attached hydrogen (secondary N) is 1. The molecule has 0 bridgehead atoms. The van der Waals surface area contributed by atoms with Gasteiger partial charge >= 0.3 is 0 Å². The zero-order valence-electron chi connectivity index (χ0n) is 9.25. The topological polar surface area (TPSA) is 42.0 Å². The van der Waals surface area contributed by atoms with Gasteiger partial charge < -0.3 is 5.32 Å². The van der Waals surface area contributed by atoms with E-state index in [0.717, 1.165) is 6.07 Å². The van der Waals surface area contributed by atoms with Crippen molar-refractivity contribution in [1.82, 2.24) is 4.98 Å². The molecule has 1 N–H and O–H groups in total. The van der Waals surface area contributed by atoms with Crippen molar-refractivity contribution in [2.75, 3.05) is 5.32 Å². The Kier molecular flexibility index (Phi) is 4.39. The summed E-state index contributed by atoms with van der Waals surface area (Å²) < 4.78 is 13.5. The van der Waals surface area contributed by atoms with Crippen molar-refractivity contribution >= 4 is 50.7 Å². The van der Waals surface area contributed by atoms with Gasteiger partial charge in [0, 0.05) is 4.47 Å². The predicted molar refractivity (Wildman–Crippen MR) is 76.3 cm³/mol. The van der Waals surface area contributed by atoms with Crippen LogP contribution in [-0.2, 0) is 0 Å². The highest BCUT2D eigenvalue weighted by Crippen LogP contribution is 2.35. The van der Waals surface area contributed by atoms with Crippen molar-refractivity contribution in [1.29, 1.82) is 0 Å². The van der Waals surface area contributed by atoms with Crippen LogP contribution in [0.5, 0.6) is 0 Å². The Morgan fingerprint density at radius 3 is 2.63 bits per heavy atom. The minimum atomic E-state index is -0.729. The van der Waals surface area contributed by atoms with E-state index < -0.39 is 11.9 Å². The lowest BCUT2D eigenvalue weighted by Crippen LogP contribution is -2.14. The second kappa shape index (κ2) is 5.86. The predicted octanol–water partition coefficient (Wildman–Crippen LogP) is 4.54. The molecule has 3 nitrogen and oxygen atoms in total. The molecule has 0 saturated carbocycles. The third kappa shape index (κ3) is 3.23. The molecule has 0 aliphatic rings. The van der Waals surface area contributed by atoms with Crippen molar-refractivity contribution in [3.05, 3.63) is 56.5 Å². The maximum atomic E-state index is 12.9. The van der Waals surface area contributed by atoms with E-state index >= 15 is 0 Å². The van der Waals surface area contributed by atoms with Crippen molar-refractivity contribution in [2.24, 2.45) is 0 Å². The summed E-state index contributed by atoms with van der Waals surface area (Å²) in [5, 5.41) is 3.00. The van der Waals surface area contributed by atoms with E-state index in [2.05, 4.69) is 26.2 Å². The Bertz CT molecular complexity index is 652. The van der Waals surface area contributed by atoms with Gasteiger partial charge in [-0.15, -0.1) is 0 Å². The Balaban J connectivity index is 2.27. The van der Waals surface area contributed by atoms with Crippen LogP contribution in [0.1, 0.15) is 10.5 Å². The first-order chi connectivity index (χ1) is 8.99. The number of carbonyl (C=O) groups excluding carboxylic acids is 1. The van der Waals surface area contributed by atoms with Crippen molar-refractivity contribution in [2.45, 2.75) is 0 Å². The van der Waals surface area contributed by atoms with Crippen LogP contribution in [0.3, 0.4) is 0 Å². The molecule has 0 aliphatic heterocycles. The van der Waals surface area contributed by atoms with Gasteiger partial charge in [0.25, 0.3) is 5.91 Å². The lowest BCUT2D eigenvalue weighted by atomic mass is 10.3. The number of anilines is 1. The molecule has 1 aromatic heterocycles. The summed E-state index contributed by atoms with van der Waals surface area (Å²) >= 11 is 15.1. The van der Waals surface area contributed by atoms with E-state index in [4.69, 9.17) is 23.2 Å². The minimum absolute atomic E-state index is 0.0462. The molecule has 1 heterocycles. The van der Waals surface area contributed by atoms with Crippen molar-refractivity contribution in [3.63, 3.8) is 0 Å². The van der Waals surface area contributed by atoms with Crippen molar-refractivity contribution < 1.29 is 9.18 Å². The molecule has 0 unspecified atom stereocenters. The number of nitrogens with zero attached hydrogens (tertiary/aromatic N) is 1. The summed E-state index contributed by atoms with van der Waals surface area (Å²) in [6.07, 6.45) is 0. The van der Waals surface area contributed by atoms with Gasteiger partial charge in [-0.25, -0.2) is 4.98 Å². The van der Waals surface area contributed by atoms with Gasteiger partial charge in [-0.05, 0) is 40.2 Å². The number of rotatable bonds is 2. The molecule has 19 heavy (non-hydrogen) atoms. The third-order valence-electron chi connectivity index (χ3n) is 2.23. The van der Waals surface area contributed by atoms with E-state index in [-0.39, 0.29) is 15.7 Å². The van der Waals surface area contributed by atoms with Crippen LogP contribution in [0.15, 0.2) is 34.8 Å². The Labute approximate surface area is 126 Å². The molecule has 0 radical (unpaired) electrons. The number of benzene rings is 1. The fourth-order valence-electron chi connectivity index (χ4n) is 1.34. The highest BCUT2D eigenvalue weighted by molar-refractivity contribution is 9.10. The van der Waals surface area contributed by atoms with Crippen LogP contribution < -0.4 is 5.32 Å². The first-order valence-electron chi connectivity index (χ1n) is 5.06. The molecular formula is C12H6BrCl2FN2O. The van der Waals surface area contributed by atoms with Crippen LogP contribution in [0.2, 0.25) is 10.0 Å². The third-order valence-corrected chi connectivity index (χ3v) is 4.00.